The number of nitrogen functional groups attached to an aromatic ring is 1. The van der Waals surface area contributed by atoms with Crippen LogP contribution in [0.4, 0.5) is 5.82 Å². The molecule has 0 unspecified atom stereocenters. The fourth-order valence-electron chi connectivity index (χ4n) is 2.25. The van der Waals surface area contributed by atoms with Crippen molar-refractivity contribution in [1.29, 1.82) is 0 Å². The maximum atomic E-state index is 6.21. The van der Waals surface area contributed by atoms with Crippen LogP contribution in [-0.2, 0) is 0 Å². The average molecular weight is 205 g/mol. The van der Waals surface area contributed by atoms with Crippen molar-refractivity contribution in [1.82, 2.24) is 9.55 Å². The van der Waals surface area contributed by atoms with Crippen molar-refractivity contribution in [2.24, 2.45) is 0 Å². The van der Waals surface area contributed by atoms with E-state index in [1.165, 1.54) is 31.5 Å². The van der Waals surface area contributed by atoms with Gasteiger partial charge in [-0.25, -0.2) is 4.98 Å². The summed E-state index contributed by atoms with van der Waals surface area (Å²) in [5.41, 5.74) is 7.33. The van der Waals surface area contributed by atoms with Crippen molar-refractivity contribution in [2.75, 3.05) is 5.73 Å². The van der Waals surface area contributed by atoms with Gasteiger partial charge in [-0.05, 0) is 31.6 Å². The lowest BCUT2D eigenvalue weighted by Gasteiger charge is -2.07. The quantitative estimate of drug-likeness (QED) is 0.824. The minimum atomic E-state index is 0.447. The van der Waals surface area contributed by atoms with E-state index in [1.807, 2.05) is 0 Å². The molecule has 2 aliphatic rings. The lowest BCUT2D eigenvalue weighted by atomic mass is 10.1. The highest BCUT2D eigenvalue weighted by Gasteiger charge is 2.36. The number of imidazole rings is 1. The van der Waals surface area contributed by atoms with Gasteiger partial charge >= 0.3 is 0 Å². The highest BCUT2D eigenvalue weighted by Crippen LogP contribution is 2.47. The van der Waals surface area contributed by atoms with Crippen molar-refractivity contribution >= 4 is 5.82 Å². The standard InChI is InChI=1S/C12H19N3/c1-7(2)10-11(13)15(9-5-6-9)12(14-10)8-3-4-8/h7-9H,3-6,13H2,1-2H3. The van der Waals surface area contributed by atoms with Crippen LogP contribution < -0.4 is 5.73 Å². The Morgan fingerprint density at radius 1 is 1.27 bits per heavy atom. The van der Waals surface area contributed by atoms with E-state index in [4.69, 9.17) is 10.7 Å². The van der Waals surface area contributed by atoms with Gasteiger partial charge in [0.25, 0.3) is 0 Å². The summed E-state index contributed by atoms with van der Waals surface area (Å²) in [5.74, 6) is 3.37. The molecule has 0 atom stereocenters. The Morgan fingerprint density at radius 3 is 2.40 bits per heavy atom. The molecule has 2 N–H and O–H groups in total. The SMILES string of the molecule is CC(C)c1nc(C2CC2)n(C2CC2)c1N. The van der Waals surface area contributed by atoms with Crippen molar-refractivity contribution in [2.45, 2.75) is 57.4 Å². The van der Waals surface area contributed by atoms with E-state index in [9.17, 15) is 0 Å². The summed E-state index contributed by atoms with van der Waals surface area (Å²) in [5, 5.41) is 0. The number of nitrogens with two attached hydrogens (primary N) is 1. The zero-order valence-electron chi connectivity index (χ0n) is 9.53. The van der Waals surface area contributed by atoms with Gasteiger partial charge < -0.3 is 10.3 Å². The van der Waals surface area contributed by atoms with Gasteiger partial charge in [0.2, 0.25) is 0 Å². The third-order valence-electron chi connectivity index (χ3n) is 3.41. The molecular formula is C12H19N3. The second-order valence-electron chi connectivity index (χ2n) is 5.27. The van der Waals surface area contributed by atoms with E-state index < -0.39 is 0 Å². The smallest absolute Gasteiger partial charge is 0.127 e. The van der Waals surface area contributed by atoms with Crippen LogP contribution in [-0.4, -0.2) is 9.55 Å². The molecule has 3 heteroatoms. The van der Waals surface area contributed by atoms with Crippen LogP contribution in [0.15, 0.2) is 0 Å². The lowest BCUT2D eigenvalue weighted by molar-refractivity contribution is 0.691. The summed E-state index contributed by atoms with van der Waals surface area (Å²) in [4.78, 5) is 4.77. The summed E-state index contributed by atoms with van der Waals surface area (Å²) in [6.07, 6.45) is 5.19. The summed E-state index contributed by atoms with van der Waals surface area (Å²) in [7, 11) is 0. The van der Waals surface area contributed by atoms with Crippen LogP contribution in [0.1, 0.15) is 68.9 Å². The molecule has 1 aromatic heterocycles. The van der Waals surface area contributed by atoms with Gasteiger partial charge in [0.05, 0.1) is 5.69 Å². The van der Waals surface area contributed by atoms with Crippen LogP contribution in [0.2, 0.25) is 0 Å². The van der Waals surface area contributed by atoms with Crippen molar-refractivity contribution in [3.63, 3.8) is 0 Å². The molecule has 2 aliphatic carbocycles. The van der Waals surface area contributed by atoms with Gasteiger partial charge in [0.15, 0.2) is 0 Å². The highest BCUT2D eigenvalue weighted by atomic mass is 15.2. The molecular weight excluding hydrogens is 186 g/mol. The first-order chi connectivity index (χ1) is 7.18. The molecule has 0 radical (unpaired) electrons. The average Bonchev–Trinajstić information content (AvgIpc) is 3.04. The summed E-state index contributed by atoms with van der Waals surface area (Å²) < 4.78 is 2.33. The van der Waals surface area contributed by atoms with Crippen LogP contribution >= 0.6 is 0 Å². The molecule has 1 aromatic rings. The van der Waals surface area contributed by atoms with Gasteiger partial charge in [-0.15, -0.1) is 0 Å². The summed E-state index contributed by atoms with van der Waals surface area (Å²) >= 11 is 0. The van der Waals surface area contributed by atoms with Gasteiger partial charge in [-0.3, -0.25) is 0 Å². The van der Waals surface area contributed by atoms with Crippen molar-refractivity contribution in [3.05, 3.63) is 11.5 Å². The number of hydrogen-bond acceptors (Lipinski definition) is 2. The van der Waals surface area contributed by atoms with Crippen LogP contribution in [0.5, 0.6) is 0 Å². The Balaban J connectivity index is 2.07. The summed E-state index contributed by atoms with van der Waals surface area (Å²) in [6, 6.07) is 0.667. The Bertz CT molecular complexity index is 384. The minimum Gasteiger partial charge on any atom is -0.384 e. The number of nitrogens with zero attached hydrogens (tertiary/aromatic N) is 2. The zero-order valence-corrected chi connectivity index (χ0v) is 9.53. The Morgan fingerprint density at radius 2 is 1.93 bits per heavy atom. The molecule has 3 nitrogen and oxygen atoms in total. The zero-order chi connectivity index (χ0) is 10.6. The van der Waals surface area contributed by atoms with Gasteiger partial charge in [0.1, 0.15) is 11.6 Å². The number of aromatic nitrogens is 2. The molecule has 3 rings (SSSR count). The molecule has 2 fully saturated rings. The molecule has 15 heavy (non-hydrogen) atoms. The predicted molar refractivity (Wildman–Crippen MR) is 61.0 cm³/mol. The van der Waals surface area contributed by atoms with E-state index in [1.54, 1.807) is 0 Å². The first-order valence-electron chi connectivity index (χ1n) is 6.06. The van der Waals surface area contributed by atoms with E-state index in [-0.39, 0.29) is 0 Å². The fourth-order valence-corrected chi connectivity index (χ4v) is 2.25. The number of hydrogen-bond donors (Lipinski definition) is 1. The Labute approximate surface area is 90.7 Å². The van der Waals surface area contributed by atoms with Crippen molar-refractivity contribution in [3.8, 4) is 0 Å². The predicted octanol–water partition coefficient (Wildman–Crippen LogP) is 2.80. The van der Waals surface area contributed by atoms with E-state index >= 15 is 0 Å². The summed E-state index contributed by atoms with van der Waals surface area (Å²) in [6.45, 7) is 4.35. The third kappa shape index (κ3) is 1.45. The highest BCUT2D eigenvalue weighted by molar-refractivity contribution is 5.42. The topological polar surface area (TPSA) is 43.8 Å². The largest absolute Gasteiger partial charge is 0.384 e. The molecule has 82 valence electrons. The molecule has 2 saturated carbocycles. The molecule has 0 spiro atoms. The van der Waals surface area contributed by atoms with E-state index in [2.05, 4.69) is 18.4 Å². The molecule has 0 aliphatic heterocycles. The van der Waals surface area contributed by atoms with Gasteiger partial charge in [0, 0.05) is 12.0 Å². The Kier molecular flexibility index (Phi) is 1.85. The van der Waals surface area contributed by atoms with Gasteiger partial charge in [-0.1, -0.05) is 13.8 Å². The van der Waals surface area contributed by atoms with E-state index in [0.717, 1.165) is 11.5 Å². The van der Waals surface area contributed by atoms with E-state index in [0.29, 0.717) is 17.9 Å². The monoisotopic (exact) mass is 205 g/mol. The molecule has 1 heterocycles. The second kappa shape index (κ2) is 3.00. The first-order valence-corrected chi connectivity index (χ1v) is 6.06. The molecule has 0 amide bonds. The second-order valence-corrected chi connectivity index (χ2v) is 5.27. The maximum Gasteiger partial charge on any atom is 0.127 e. The molecule has 0 saturated heterocycles. The molecule has 0 bridgehead atoms. The van der Waals surface area contributed by atoms with Gasteiger partial charge in [-0.2, -0.15) is 0 Å². The molecule has 0 aromatic carbocycles. The third-order valence-corrected chi connectivity index (χ3v) is 3.41. The number of anilines is 1. The normalized spacial score (nSPS) is 21.3. The van der Waals surface area contributed by atoms with Crippen LogP contribution in [0.3, 0.4) is 0 Å². The first kappa shape index (κ1) is 9.25. The Hall–Kier alpha value is -0.990. The number of rotatable bonds is 3. The maximum absolute atomic E-state index is 6.21. The minimum absolute atomic E-state index is 0.447. The lowest BCUT2D eigenvalue weighted by Crippen LogP contribution is -2.05. The van der Waals surface area contributed by atoms with Crippen LogP contribution in [0.25, 0.3) is 0 Å². The van der Waals surface area contributed by atoms with Crippen molar-refractivity contribution < 1.29 is 0 Å². The van der Waals surface area contributed by atoms with Crippen LogP contribution in [0, 0.1) is 0 Å². The fraction of sp³-hybridized carbons (Fsp3) is 0.750.